The second kappa shape index (κ2) is 5.60. The van der Waals surface area contributed by atoms with Gasteiger partial charge in [-0.3, -0.25) is 0 Å². The fourth-order valence-electron chi connectivity index (χ4n) is 1.61. The van der Waals surface area contributed by atoms with E-state index in [1.165, 1.54) is 18.2 Å². The highest BCUT2D eigenvalue weighted by molar-refractivity contribution is 5.35. The van der Waals surface area contributed by atoms with Gasteiger partial charge in [0, 0.05) is 12.1 Å². The van der Waals surface area contributed by atoms with Crippen molar-refractivity contribution < 1.29 is 13.5 Å². The monoisotopic (exact) mass is 249 g/mol. The Bertz CT molecular complexity index is 526. The number of rotatable bonds is 4. The fourth-order valence-corrected chi connectivity index (χ4v) is 1.61. The van der Waals surface area contributed by atoms with Crippen molar-refractivity contribution in [2.45, 2.75) is 13.2 Å². The summed E-state index contributed by atoms with van der Waals surface area (Å²) in [6.45, 7) is 0.380. The van der Waals surface area contributed by atoms with E-state index in [4.69, 9.17) is 10.5 Å². The quantitative estimate of drug-likeness (QED) is 0.904. The van der Waals surface area contributed by atoms with Gasteiger partial charge in [0.2, 0.25) is 0 Å². The molecule has 0 aliphatic carbocycles. The predicted molar refractivity (Wildman–Crippen MR) is 65.0 cm³/mol. The first-order valence-electron chi connectivity index (χ1n) is 5.55. The summed E-state index contributed by atoms with van der Waals surface area (Å²) in [4.78, 5) is 0. The van der Waals surface area contributed by atoms with Crippen LogP contribution in [0.15, 0.2) is 42.5 Å². The molecule has 2 aromatic carbocycles. The molecule has 0 saturated carbocycles. The van der Waals surface area contributed by atoms with Gasteiger partial charge in [-0.1, -0.05) is 24.3 Å². The Labute approximate surface area is 104 Å². The summed E-state index contributed by atoms with van der Waals surface area (Å²) in [5.74, 6) is -0.600. The Morgan fingerprint density at radius 3 is 2.39 bits per heavy atom. The van der Waals surface area contributed by atoms with Crippen LogP contribution in [0.3, 0.4) is 0 Å². The van der Waals surface area contributed by atoms with Gasteiger partial charge in [0.05, 0.1) is 0 Å². The van der Waals surface area contributed by atoms with E-state index in [1.807, 2.05) is 0 Å². The number of ether oxygens (including phenoxy) is 1. The molecule has 18 heavy (non-hydrogen) atoms. The Hall–Kier alpha value is -1.94. The Kier molecular flexibility index (Phi) is 3.89. The highest BCUT2D eigenvalue weighted by atomic mass is 19.1. The molecule has 0 radical (unpaired) electrons. The maximum Gasteiger partial charge on any atom is 0.165 e. The number of para-hydroxylation sites is 1. The van der Waals surface area contributed by atoms with Crippen LogP contribution in [0.25, 0.3) is 0 Å². The molecule has 0 atom stereocenters. The van der Waals surface area contributed by atoms with Crippen LogP contribution in [0.2, 0.25) is 0 Å². The summed E-state index contributed by atoms with van der Waals surface area (Å²) in [6, 6.07) is 10.5. The highest BCUT2D eigenvalue weighted by Crippen LogP contribution is 2.23. The van der Waals surface area contributed by atoms with Gasteiger partial charge >= 0.3 is 0 Å². The van der Waals surface area contributed by atoms with Gasteiger partial charge < -0.3 is 10.5 Å². The van der Waals surface area contributed by atoms with Gasteiger partial charge in [0.15, 0.2) is 11.6 Å². The molecular weight excluding hydrogens is 236 g/mol. The summed E-state index contributed by atoms with van der Waals surface area (Å²) in [6.07, 6.45) is 0. The van der Waals surface area contributed by atoms with Gasteiger partial charge in [-0.2, -0.15) is 0 Å². The normalized spacial score (nSPS) is 10.4. The molecule has 0 spiro atoms. The van der Waals surface area contributed by atoms with E-state index in [0.717, 1.165) is 5.56 Å². The number of benzene rings is 2. The van der Waals surface area contributed by atoms with Crippen LogP contribution in [0.4, 0.5) is 8.78 Å². The van der Waals surface area contributed by atoms with Crippen molar-refractivity contribution in [3.05, 3.63) is 65.2 Å². The van der Waals surface area contributed by atoms with Crippen molar-refractivity contribution in [3.8, 4) is 5.75 Å². The molecule has 0 aromatic heterocycles. The van der Waals surface area contributed by atoms with Crippen molar-refractivity contribution in [3.63, 3.8) is 0 Å². The van der Waals surface area contributed by atoms with Gasteiger partial charge in [0.25, 0.3) is 0 Å². The largest absolute Gasteiger partial charge is 0.485 e. The van der Waals surface area contributed by atoms with Gasteiger partial charge in [0.1, 0.15) is 12.4 Å². The van der Waals surface area contributed by atoms with E-state index >= 15 is 0 Å². The van der Waals surface area contributed by atoms with E-state index in [0.29, 0.717) is 5.56 Å². The van der Waals surface area contributed by atoms with Crippen LogP contribution in [0.1, 0.15) is 11.1 Å². The number of nitrogens with two attached hydrogens (primary N) is 1. The summed E-state index contributed by atoms with van der Waals surface area (Å²) in [7, 11) is 0. The van der Waals surface area contributed by atoms with Gasteiger partial charge in [-0.05, 0) is 23.8 Å². The third-order valence-corrected chi connectivity index (χ3v) is 2.56. The maximum atomic E-state index is 13.6. The molecule has 0 amide bonds. The molecule has 0 bridgehead atoms. The van der Waals surface area contributed by atoms with Crippen molar-refractivity contribution in [2.75, 3.05) is 0 Å². The minimum Gasteiger partial charge on any atom is -0.485 e. The second-order valence-corrected chi connectivity index (χ2v) is 3.85. The van der Waals surface area contributed by atoms with Crippen LogP contribution >= 0.6 is 0 Å². The standard InChI is InChI=1S/C14H13F2NO/c15-12-6-4-10(5-7-12)9-18-14-11(8-17)2-1-3-13(14)16/h1-7H,8-9,17H2. The van der Waals surface area contributed by atoms with Crippen molar-refractivity contribution in [1.82, 2.24) is 0 Å². The number of hydrogen-bond donors (Lipinski definition) is 1. The van der Waals surface area contributed by atoms with Crippen LogP contribution in [0.5, 0.6) is 5.75 Å². The molecule has 94 valence electrons. The molecule has 2 nitrogen and oxygen atoms in total. The molecule has 2 rings (SSSR count). The average Bonchev–Trinajstić information content (AvgIpc) is 2.39. The van der Waals surface area contributed by atoms with Crippen LogP contribution in [-0.2, 0) is 13.2 Å². The summed E-state index contributed by atoms with van der Waals surface area (Å²) < 4.78 is 31.7. The topological polar surface area (TPSA) is 35.2 Å². The lowest BCUT2D eigenvalue weighted by atomic mass is 10.2. The molecular formula is C14H13F2NO. The molecule has 2 aromatic rings. The van der Waals surface area contributed by atoms with Crippen molar-refractivity contribution >= 4 is 0 Å². The SMILES string of the molecule is NCc1cccc(F)c1OCc1ccc(F)cc1. The molecule has 4 heteroatoms. The van der Waals surface area contributed by atoms with Gasteiger partial charge in [-0.15, -0.1) is 0 Å². The van der Waals surface area contributed by atoms with E-state index in [9.17, 15) is 8.78 Å². The first-order chi connectivity index (χ1) is 8.70. The predicted octanol–water partition coefficient (Wildman–Crippen LogP) is 3.00. The Morgan fingerprint density at radius 2 is 1.72 bits per heavy atom. The molecule has 0 aliphatic rings. The van der Waals surface area contributed by atoms with E-state index < -0.39 is 5.82 Å². The second-order valence-electron chi connectivity index (χ2n) is 3.85. The third kappa shape index (κ3) is 2.84. The van der Waals surface area contributed by atoms with Crippen LogP contribution < -0.4 is 10.5 Å². The van der Waals surface area contributed by atoms with E-state index in [1.54, 1.807) is 24.3 Å². The lowest BCUT2D eigenvalue weighted by Crippen LogP contribution is -2.04. The number of hydrogen-bond acceptors (Lipinski definition) is 2. The molecule has 0 fully saturated rings. The van der Waals surface area contributed by atoms with Gasteiger partial charge in [-0.25, -0.2) is 8.78 Å². The Balaban J connectivity index is 2.12. The molecule has 0 heterocycles. The fraction of sp³-hybridized carbons (Fsp3) is 0.143. The summed E-state index contributed by atoms with van der Waals surface area (Å²) in [5.41, 5.74) is 6.89. The Morgan fingerprint density at radius 1 is 1.00 bits per heavy atom. The van der Waals surface area contributed by atoms with E-state index in [2.05, 4.69) is 0 Å². The summed E-state index contributed by atoms with van der Waals surface area (Å²) >= 11 is 0. The average molecular weight is 249 g/mol. The number of halogens is 2. The maximum absolute atomic E-state index is 13.6. The van der Waals surface area contributed by atoms with Crippen molar-refractivity contribution in [1.29, 1.82) is 0 Å². The zero-order valence-corrected chi connectivity index (χ0v) is 9.70. The first-order valence-corrected chi connectivity index (χ1v) is 5.55. The molecule has 0 unspecified atom stereocenters. The zero-order chi connectivity index (χ0) is 13.0. The minimum absolute atomic E-state index is 0.157. The molecule has 0 saturated heterocycles. The lowest BCUT2D eigenvalue weighted by molar-refractivity contribution is 0.287. The molecule has 2 N–H and O–H groups in total. The molecule has 0 aliphatic heterocycles. The lowest BCUT2D eigenvalue weighted by Gasteiger charge is -2.11. The zero-order valence-electron chi connectivity index (χ0n) is 9.70. The van der Waals surface area contributed by atoms with Crippen LogP contribution in [0, 0.1) is 11.6 Å². The third-order valence-electron chi connectivity index (χ3n) is 2.56. The highest BCUT2D eigenvalue weighted by Gasteiger charge is 2.08. The van der Waals surface area contributed by atoms with Crippen LogP contribution in [-0.4, -0.2) is 0 Å². The summed E-state index contributed by atoms with van der Waals surface area (Å²) in [5, 5.41) is 0. The smallest absolute Gasteiger partial charge is 0.165 e. The minimum atomic E-state index is -0.444. The first kappa shape index (κ1) is 12.5. The van der Waals surface area contributed by atoms with E-state index in [-0.39, 0.29) is 24.7 Å². The van der Waals surface area contributed by atoms with Crippen molar-refractivity contribution in [2.24, 2.45) is 5.73 Å².